The average Bonchev–Trinajstić information content (AvgIpc) is 3.85. The number of benzene rings is 7. The van der Waals surface area contributed by atoms with Gasteiger partial charge < -0.3 is 4.57 Å². The quantitative estimate of drug-likeness (QED) is 0.178. The molecule has 0 saturated carbocycles. The second-order valence-electron chi connectivity index (χ2n) is 12.1. The summed E-state index contributed by atoms with van der Waals surface area (Å²) in [5, 5.41) is 10.6. The Balaban J connectivity index is 1.17. The van der Waals surface area contributed by atoms with E-state index in [1.54, 1.807) is 0 Å². The Hall–Kier alpha value is -5.00. The first-order chi connectivity index (χ1) is 22.8. The lowest BCUT2D eigenvalue weighted by Crippen LogP contribution is -1.93. The number of nitrogens with zero attached hydrogens (tertiary/aromatic N) is 1. The van der Waals surface area contributed by atoms with E-state index in [4.69, 9.17) is 0 Å². The van der Waals surface area contributed by atoms with Gasteiger partial charge in [-0.1, -0.05) is 91.0 Å². The van der Waals surface area contributed by atoms with Crippen LogP contribution in [0.25, 0.3) is 99.1 Å². The molecule has 0 aliphatic carbocycles. The summed E-state index contributed by atoms with van der Waals surface area (Å²) < 4.78 is 10.5. The third kappa shape index (κ3) is 3.38. The molecule has 0 N–H and O–H groups in total. The molecule has 0 fully saturated rings. The van der Waals surface area contributed by atoms with E-state index in [0.29, 0.717) is 0 Å². The topological polar surface area (TPSA) is 4.93 Å². The van der Waals surface area contributed by atoms with Crippen LogP contribution in [0.3, 0.4) is 0 Å². The highest BCUT2D eigenvalue weighted by Crippen LogP contribution is 2.46. The van der Waals surface area contributed by atoms with E-state index in [9.17, 15) is 0 Å². The molecule has 46 heavy (non-hydrogen) atoms. The van der Waals surface area contributed by atoms with Crippen molar-refractivity contribution >= 4 is 116 Å². The zero-order chi connectivity index (χ0) is 29.9. The van der Waals surface area contributed by atoms with Gasteiger partial charge in [0.25, 0.3) is 0 Å². The van der Waals surface area contributed by atoms with Crippen LogP contribution in [0.4, 0.5) is 0 Å². The van der Waals surface area contributed by atoms with Crippen molar-refractivity contribution < 1.29 is 0 Å². The summed E-state index contributed by atoms with van der Waals surface area (Å²) in [4.78, 5) is 0. The molecule has 0 atom stereocenters. The number of thiophene rings is 3. The first-order valence-corrected chi connectivity index (χ1v) is 18.0. The Kier molecular flexibility index (Phi) is 5.08. The van der Waals surface area contributed by atoms with E-state index >= 15 is 0 Å². The van der Waals surface area contributed by atoms with Crippen LogP contribution in [0.5, 0.6) is 0 Å². The van der Waals surface area contributed by atoms with Gasteiger partial charge in [0.2, 0.25) is 0 Å². The minimum Gasteiger partial charge on any atom is -0.309 e. The standard InChI is InChI=1S/C42H23NS3/c1-4-16-35-25(9-1)32-23-40-34(27-11-3-5-17-37(27)44-40)22-36(32)43(35)24-19-20-39-33(21-24)31-15-8-14-30(42(31)46-39)29-13-7-12-28-26-10-2-6-18-38(26)45-41(28)29/h1-23H. The average molecular weight is 638 g/mol. The highest BCUT2D eigenvalue weighted by atomic mass is 32.1. The zero-order valence-electron chi connectivity index (χ0n) is 24.5. The van der Waals surface area contributed by atoms with Crippen LogP contribution in [-0.4, -0.2) is 4.57 Å². The molecule has 7 aromatic carbocycles. The maximum atomic E-state index is 2.47. The van der Waals surface area contributed by atoms with E-state index < -0.39 is 0 Å². The molecule has 0 unspecified atom stereocenters. The van der Waals surface area contributed by atoms with Crippen LogP contribution < -0.4 is 0 Å². The summed E-state index contributed by atoms with van der Waals surface area (Å²) in [7, 11) is 0. The van der Waals surface area contributed by atoms with Gasteiger partial charge in [-0.3, -0.25) is 0 Å². The fourth-order valence-corrected chi connectivity index (χ4v) is 11.1. The fourth-order valence-electron chi connectivity index (χ4n) is 7.56. The number of rotatable bonds is 2. The largest absolute Gasteiger partial charge is 0.309 e. The van der Waals surface area contributed by atoms with Gasteiger partial charge in [0.1, 0.15) is 0 Å². The zero-order valence-corrected chi connectivity index (χ0v) is 26.9. The summed E-state index contributed by atoms with van der Waals surface area (Å²) in [6, 6.07) is 52.0. The Labute approximate surface area is 275 Å². The molecule has 11 aromatic rings. The molecule has 4 aromatic heterocycles. The summed E-state index contributed by atoms with van der Waals surface area (Å²) in [6.45, 7) is 0. The Bertz CT molecular complexity index is 3040. The van der Waals surface area contributed by atoms with Crippen LogP contribution in [0.1, 0.15) is 0 Å². The van der Waals surface area contributed by atoms with E-state index in [1.807, 2.05) is 34.0 Å². The van der Waals surface area contributed by atoms with E-state index in [1.165, 1.54) is 99.1 Å². The third-order valence-electron chi connectivity index (χ3n) is 9.60. The molecule has 0 aliphatic rings. The molecule has 11 rings (SSSR count). The summed E-state index contributed by atoms with van der Waals surface area (Å²) >= 11 is 5.71. The van der Waals surface area contributed by atoms with Gasteiger partial charge in [0, 0.05) is 88.1 Å². The van der Waals surface area contributed by atoms with E-state index in [2.05, 4.69) is 144 Å². The van der Waals surface area contributed by atoms with Crippen LogP contribution in [-0.2, 0) is 0 Å². The normalized spacial score (nSPS) is 12.3. The van der Waals surface area contributed by atoms with Crippen molar-refractivity contribution in [1.29, 1.82) is 0 Å². The van der Waals surface area contributed by atoms with E-state index in [-0.39, 0.29) is 0 Å². The molecular formula is C42H23NS3. The lowest BCUT2D eigenvalue weighted by atomic mass is 10.0. The number of hydrogen-bond acceptors (Lipinski definition) is 3. The Morgan fingerprint density at radius 1 is 0.326 bits per heavy atom. The fraction of sp³-hybridized carbons (Fsp3) is 0. The van der Waals surface area contributed by atoms with Crippen molar-refractivity contribution in [2.45, 2.75) is 0 Å². The van der Waals surface area contributed by atoms with Gasteiger partial charge in [-0.05, 0) is 48.5 Å². The Morgan fingerprint density at radius 3 is 1.65 bits per heavy atom. The van der Waals surface area contributed by atoms with Crippen LogP contribution in [0, 0.1) is 0 Å². The first-order valence-electron chi connectivity index (χ1n) is 15.5. The summed E-state index contributed by atoms with van der Waals surface area (Å²) in [5.41, 5.74) is 6.35. The molecule has 4 heteroatoms. The van der Waals surface area contributed by atoms with Crippen molar-refractivity contribution in [3.8, 4) is 16.8 Å². The van der Waals surface area contributed by atoms with Gasteiger partial charge in [-0.2, -0.15) is 0 Å². The predicted molar refractivity (Wildman–Crippen MR) is 205 cm³/mol. The lowest BCUT2D eigenvalue weighted by Gasteiger charge is -2.09. The molecule has 1 nitrogen and oxygen atoms in total. The van der Waals surface area contributed by atoms with Crippen molar-refractivity contribution in [1.82, 2.24) is 4.57 Å². The number of aromatic nitrogens is 1. The molecule has 0 saturated heterocycles. The van der Waals surface area contributed by atoms with Gasteiger partial charge >= 0.3 is 0 Å². The maximum absolute atomic E-state index is 2.47. The Morgan fingerprint density at radius 2 is 0.891 bits per heavy atom. The van der Waals surface area contributed by atoms with Crippen molar-refractivity contribution in [2.24, 2.45) is 0 Å². The predicted octanol–water partition coefficient (Wildman–Crippen LogP) is 13.6. The molecule has 214 valence electrons. The smallest absolute Gasteiger partial charge is 0.0548 e. The molecular weight excluding hydrogens is 615 g/mol. The molecule has 4 heterocycles. The second-order valence-corrected chi connectivity index (χ2v) is 15.2. The van der Waals surface area contributed by atoms with Crippen molar-refractivity contribution in [3.05, 3.63) is 140 Å². The molecule has 0 amide bonds. The lowest BCUT2D eigenvalue weighted by molar-refractivity contribution is 1.19. The number of hydrogen-bond donors (Lipinski definition) is 0. The summed E-state index contributed by atoms with van der Waals surface area (Å²) in [5.74, 6) is 0. The molecule has 0 aliphatic heterocycles. The minimum atomic E-state index is 1.20. The summed E-state index contributed by atoms with van der Waals surface area (Å²) in [6.07, 6.45) is 0. The minimum absolute atomic E-state index is 1.20. The number of fused-ring (bicyclic) bond motifs is 12. The van der Waals surface area contributed by atoms with Gasteiger partial charge in [0.15, 0.2) is 0 Å². The van der Waals surface area contributed by atoms with Crippen LogP contribution in [0.15, 0.2) is 140 Å². The molecule has 0 bridgehead atoms. The highest BCUT2D eigenvalue weighted by Gasteiger charge is 2.18. The molecule has 0 spiro atoms. The third-order valence-corrected chi connectivity index (χ3v) is 13.2. The second kappa shape index (κ2) is 9.27. The molecule has 0 radical (unpaired) electrons. The highest BCUT2D eigenvalue weighted by molar-refractivity contribution is 7.27. The maximum Gasteiger partial charge on any atom is 0.0548 e. The number of para-hydroxylation sites is 1. The van der Waals surface area contributed by atoms with Gasteiger partial charge in [-0.25, -0.2) is 0 Å². The van der Waals surface area contributed by atoms with Crippen molar-refractivity contribution in [2.75, 3.05) is 0 Å². The van der Waals surface area contributed by atoms with Gasteiger partial charge in [0.05, 0.1) is 11.0 Å². The monoisotopic (exact) mass is 637 g/mol. The van der Waals surface area contributed by atoms with Gasteiger partial charge in [-0.15, -0.1) is 34.0 Å². The van der Waals surface area contributed by atoms with Crippen LogP contribution in [0.2, 0.25) is 0 Å². The van der Waals surface area contributed by atoms with Crippen LogP contribution >= 0.6 is 34.0 Å². The first kappa shape index (κ1) is 25.2. The van der Waals surface area contributed by atoms with Crippen molar-refractivity contribution in [3.63, 3.8) is 0 Å². The van der Waals surface area contributed by atoms with E-state index in [0.717, 1.165) is 0 Å². The SMILES string of the molecule is c1ccc2c(c1)sc1cc3c4ccccc4n(-c4ccc5sc6c(-c7cccc8c7sc7ccccc78)cccc6c5c4)c3cc12.